The molecule has 70 valence electrons. The monoisotopic (exact) mass is 203 g/mol. The highest BCUT2D eigenvalue weighted by Gasteiger charge is 2.03. The lowest BCUT2D eigenvalue weighted by atomic mass is 10.3. The van der Waals surface area contributed by atoms with Crippen LogP contribution < -0.4 is 10.3 Å². The number of hydrogen-bond acceptors (Lipinski definition) is 2. The second-order valence-electron chi connectivity index (χ2n) is 2.34. The number of nitrogens with one attached hydrogen (secondary N) is 1. The van der Waals surface area contributed by atoms with Gasteiger partial charge in [-0.25, -0.2) is 4.39 Å². The van der Waals surface area contributed by atoms with Gasteiger partial charge in [0.2, 0.25) is 5.91 Å². The van der Waals surface area contributed by atoms with Crippen LogP contribution in [0.1, 0.15) is 6.92 Å². The van der Waals surface area contributed by atoms with Gasteiger partial charge in [-0.1, -0.05) is 11.6 Å². The lowest BCUT2D eigenvalue weighted by molar-refractivity contribution is -0.125. The molecular formula is C8H7ClFNO2. The van der Waals surface area contributed by atoms with Crippen LogP contribution in [-0.4, -0.2) is 5.91 Å². The molecule has 0 spiro atoms. The number of carbonyl (C=O) groups excluding carboxylic acids is 1. The summed E-state index contributed by atoms with van der Waals surface area (Å²) in [5, 5.41) is 0.105. The molecule has 0 radical (unpaired) electrons. The van der Waals surface area contributed by atoms with E-state index in [1.54, 1.807) is 0 Å². The van der Waals surface area contributed by atoms with Crippen LogP contribution in [0.3, 0.4) is 0 Å². The van der Waals surface area contributed by atoms with E-state index < -0.39 is 5.82 Å². The molecule has 1 aromatic rings. The van der Waals surface area contributed by atoms with Gasteiger partial charge in [-0.3, -0.25) is 4.79 Å². The fourth-order valence-electron chi connectivity index (χ4n) is 0.685. The van der Waals surface area contributed by atoms with Crippen LogP contribution in [-0.2, 0) is 4.79 Å². The molecular weight excluding hydrogens is 197 g/mol. The Bertz CT molecular complexity index is 330. The number of amides is 1. The van der Waals surface area contributed by atoms with E-state index in [1.807, 2.05) is 0 Å². The molecule has 13 heavy (non-hydrogen) atoms. The maximum atomic E-state index is 12.5. The van der Waals surface area contributed by atoms with Crippen molar-refractivity contribution in [2.75, 3.05) is 0 Å². The molecule has 0 heterocycles. The average molecular weight is 204 g/mol. The predicted molar refractivity (Wildman–Crippen MR) is 45.9 cm³/mol. The van der Waals surface area contributed by atoms with Gasteiger partial charge in [0.15, 0.2) is 5.75 Å². The van der Waals surface area contributed by atoms with Gasteiger partial charge in [0.05, 0.1) is 5.02 Å². The number of halogens is 2. The van der Waals surface area contributed by atoms with Crippen LogP contribution in [0, 0.1) is 5.82 Å². The summed E-state index contributed by atoms with van der Waals surface area (Å²) in [6.45, 7) is 1.29. The lowest BCUT2D eigenvalue weighted by Gasteiger charge is -2.05. The van der Waals surface area contributed by atoms with Crippen molar-refractivity contribution >= 4 is 17.5 Å². The maximum Gasteiger partial charge on any atom is 0.249 e. The topological polar surface area (TPSA) is 38.3 Å². The summed E-state index contributed by atoms with van der Waals surface area (Å²) < 4.78 is 12.5. The summed E-state index contributed by atoms with van der Waals surface area (Å²) in [6.07, 6.45) is 0. The lowest BCUT2D eigenvalue weighted by Crippen LogP contribution is -2.23. The molecule has 0 fully saturated rings. The van der Waals surface area contributed by atoms with E-state index in [4.69, 9.17) is 16.4 Å². The molecule has 1 amide bonds. The van der Waals surface area contributed by atoms with Gasteiger partial charge >= 0.3 is 0 Å². The minimum absolute atomic E-state index is 0.105. The van der Waals surface area contributed by atoms with Crippen LogP contribution in [0.4, 0.5) is 4.39 Å². The van der Waals surface area contributed by atoms with Gasteiger partial charge in [0, 0.05) is 6.92 Å². The van der Waals surface area contributed by atoms with Crippen molar-refractivity contribution in [3.8, 4) is 5.75 Å². The number of hydroxylamine groups is 1. The first kappa shape index (κ1) is 9.80. The van der Waals surface area contributed by atoms with Gasteiger partial charge in [0.25, 0.3) is 0 Å². The Kier molecular flexibility index (Phi) is 3.08. The Morgan fingerprint density at radius 1 is 1.62 bits per heavy atom. The Hall–Kier alpha value is -1.29. The van der Waals surface area contributed by atoms with E-state index in [1.165, 1.54) is 19.1 Å². The highest BCUT2D eigenvalue weighted by molar-refractivity contribution is 6.32. The Labute approximate surface area is 79.4 Å². The zero-order valence-corrected chi connectivity index (χ0v) is 7.56. The van der Waals surface area contributed by atoms with Crippen LogP contribution >= 0.6 is 11.6 Å². The van der Waals surface area contributed by atoms with Crippen molar-refractivity contribution in [1.82, 2.24) is 5.48 Å². The molecule has 0 bridgehead atoms. The quantitative estimate of drug-likeness (QED) is 0.746. The summed E-state index contributed by atoms with van der Waals surface area (Å²) in [6, 6.07) is 3.61. The first-order chi connectivity index (χ1) is 6.09. The predicted octanol–water partition coefficient (Wildman–Crippen LogP) is 1.91. The highest BCUT2D eigenvalue weighted by Crippen LogP contribution is 2.23. The molecule has 0 aliphatic heterocycles. The molecule has 3 nitrogen and oxygen atoms in total. The van der Waals surface area contributed by atoms with Crippen molar-refractivity contribution in [2.45, 2.75) is 6.92 Å². The zero-order valence-electron chi connectivity index (χ0n) is 6.80. The fraction of sp³-hybridized carbons (Fsp3) is 0.125. The fourth-order valence-corrected chi connectivity index (χ4v) is 0.891. The SMILES string of the molecule is CC(=O)NOc1ccc(F)cc1Cl. The van der Waals surface area contributed by atoms with Crippen molar-refractivity contribution in [2.24, 2.45) is 0 Å². The van der Waals surface area contributed by atoms with Gasteiger partial charge in [0.1, 0.15) is 5.82 Å². The molecule has 1 rings (SSSR count). The van der Waals surface area contributed by atoms with Gasteiger partial charge < -0.3 is 4.84 Å². The van der Waals surface area contributed by atoms with Gasteiger partial charge in [-0.2, -0.15) is 5.48 Å². The van der Waals surface area contributed by atoms with Crippen molar-refractivity contribution in [3.05, 3.63) is 29.0 Å². The van der Waals surface area contributed by atoms with Crippen LogP contribution in [0.15, 0.2) is 18.2 Å². The number of hydrogen-bond donors (Lipinski definition) is 1. The third-order valence-corrected chi connectivity index (χ3v) is 1.49. The van der Waals surface area contributed by atoms with E-state index in [-0.39, 0.29) is 16.7 Å². The van der Waals surface area contributed by atoms with Gasteiger partial charge in [-0.05, 0) is 18.2 Å². The van der Waals surface area contributed by atoms with Crippen LogP contribution in [0.2, 0.25) is 5.02 Å². The van der Waals surface area contributed by atoms with E-state index >= 15 is 0 Å². The highest BCUT2D eigenvalue weighted by atomic mass is 35.5. The summed E-state index contributed by atoms with van der Waals surface area (Å²) >= 11 is 5.60. The van der Waals surface area contributed by atoms with Gasteiger partial charge in [-0.15, -0.1) is 0 Å². The van der Waals surface area contributed by atoms with Crippen molar-refractivity contribution in [3.63, 3.8) is 0 Å². The maximum absolute atomic E-state index is 12.5. The molecule has 0 unspecified atom stereocenters. The van der Waals surface area contributed by atoms with Crippen molar-refractivity contribution in [1.29, 1.82) is 0 Å². The second-order valence-corrected chi connectivity index (χ2v) is 2.74. The Balaban J connectivity index is 2.72. The largest absolute Gasteiger partial charge is 0.378 e. The Morgan fingerprint density at radius 3 is 2.85 bits per heavy atom. The third-order valence-electron chi connectivity index (χ3n) is 1.20. The molecule has 0 aliphatic carbocycles. The zero-order chi connectivity index (χ0) is 9.84. The average Bonchev–Trinajstić information content (AvgIpc) is 2.02. The molecule has 0 aliphatic rings. The summed E-state index contributed by atoms with van der Waals surface area (Å²) in [5.74, 6) is -0.612. The van der Waals surface area contributed by atoms with E-state index in [9.17, 15) is 9.18 Å². The first-order valence-corrected chi connectivity index (χ1v) is 3.86. The molecule has 5 heteroatoms. The molecule has 0 saturated carbocycles. The molecule has 0 aromatic heterocycles. The Morgan fingerprint density at radius 2 is 2.31 bits per heavy atom. The van der Waals surface area contributed by atoms with Crippen molar-refractivity contribution < 1.29 is 14.0 Å². The van der Waals surface area contributed by atoms with Crippen LogP contribution in [0.25, 0.3) is 0 Å². The number of benzene rings is 1. The van der Waals surface area contributed by atoms with E-state index in [0.717, 1.165) is 6.07 Å². The second kappa shape index (κ2) is 4.09. The van der Waals surface area contributed by atoms with E-state index in [0.29, 0.717) is 0 Å². The smallest absolute Gasteiger partial charge is 0.249 e. The molecule has 0 saturated heterocycles. The molecule has 0 atom stereocenters. The summed E-state index contributed by atoms with van der Waals surface area (Å²) in [4.78, 5) is 15.2. The first-order valence-electron chi connectivity index (χ1n) is 3.48. The standard InChI is InChI=1S/C8H7ClFNO2/c1-5(12)11-13-8-3-2-6(10)4-7(8)9/h2-4H,1H3,(H,11,12). The number of rotatable bonds is 2. The summed E-state index contributed by atoms with van der Waals surface area (Å²) in [5.41, 5.74) is 2.08. The number of carbonyl (C=O) groups is 1. The third kappa shape index (κ3) is 2.91. The minimum Gasteiger partial charge on any atom is -0.378 e. The summed E-state index contributed by atoms with van der Waals surface area (Å²) in [7, 11) is 0. The van der Waals surface area contributed by atoms with Crippen LogP contribution in [0.5, 0.6) is 5.75 Å². The molecule has 1 N–H and O–H groups in total. The minimum atomic E-state index is -0.458. The van der Waals surface area contributed by atoms with E-state index in [2.05, 4.69) is 5.48 Å². The normalized spacial score (nSPS) is 9.46. The molecule has 1 aromatic carbocycles.